The number of carbonyl (C=O) groups excluding carboxylic acids is 2. The van der Waals surface area contributed by atoms with E-state index < -0.39 is 4.92 Å². The van der Waals surface area contributed by atoms with Crippen LogP contribution in [0.5, 0.6) is 0 Å². The highest BCUT2D eigenvalue weighted by molar-refractivity contribution is 7.16. The summed E-state index contributed by atoms with van der Waals surface area (Å²) >= 11 is 2.78. The van der Waals surface area contributed by atoms with Gasteiger partial charge in [-0.05, 0) is 17.5 Å². The minimum absolute atomic E-state index is 0.0720. The van der Waals surface area contributed by atoms with Gasteiger partial charge in [0.1, 0.15) is 0 Å². The molecule has 30 heavy (non-hydrogen) atoms. The molecule has 9 nitrogen and oxygen atoms in total. The molecule has 1 aliphatic heterocycles. The van der Waals surface area contributed by atoms with E-state index in [1.807, 2.05) is 16.3 Å². The lowest BCUT2D eigenvalue weighted by molar-refractivity contribution is -0.384. The molecule has 154 valence electrons. The summed E-state index contributed by atoms with van der Waals surface area (Å²) in [4.78, 5) is 43.1. The first-order chi connectivity index (χ1) is 14.5. The predicted octanol–water partition coefficient (Wildman–Crippen LogP) is 3.36. The molecule has 0 atom stereocenters. The molecule has 0 fully saturated rings. The van der Waals surface area contributed by atoms with E-state index >= 15 is 0 Å². The van der Waals surface area contributed by atoms with E-state index in [-0.39, 0.29) is 24.0 Å². The Morgan fingerprint density at radius 3 is 2.87 bits per heavy atom. The van der Waals surface area contributed by atoms with E-state index in [9.17, 15) is 19.7 Å². The first kappa shape index (κ1) is 20.1. The number of rotatable bonds is 6. The number of nitro groups is 1. The molecule has 0 spiro atoms. The molecule has 2 aromatic heterocycles. The first-order valence-corrected chi connectivity index (χ1v) is 10.8. The van der Waals surface area contributed by atoms with Crippen molar-refractivity contribution >= 4 is 51.0 Å². The number of thiazole rings is 1. The zero-order valence-corrected chi connectivity index (χ0v) is 17.3. The highest BCUT2D eigenvalue weighted by Crippen LogP contribution is 2.29. The fourth-order valence-electron chi connectivity index (χ4n) is 3.10. The summed E-state index contributed by atoms with van der Waals surface area (Å²) in [5.41, 5.74) is 1.26. The minimum Gasteiger partial charge on any atom is -0.325 e. The molecule has 2 amide bonds. The molecule has 0 radical (unpaired) electrons. The lowest BCUT2D eigenvalue weighted by Crippen LogP contribution is -2.36. The lowest BCUT2D eigenvalue weighted by atomic mass is 10.2. The molecule has 0 unspecified atom stereocenters. The quantitative estimate of drug-likeness (QED) is 0.446. The maximum Gasteiger partial charge on any atom is 0.271 e. The van der Waals surface area contributed by atoms with Crippen LogP contribution < -0.4 is 10.6 Å². The Bertz CT molecular complexity index is 1100. The maximum absolute atomic E-state index is 12.4. The molecule has 0 aliphatic carbocycles. The number of nitro benzene ring substituents is 1. The average Bonchev–Trinajstić information content (AvgIpc) is 3.37. The molecular weight excluding hydrogens is 426 g/mol. The molecule has 4 rings (SSSR count). The first-order valence-electron chi connectivity index (χ1n) is 9.08. The van der Waals surface area contributed by atoms with Crippen molar-refractivity contribution in [3.63, 3.8) is 0 Å². The highest BCUT2D eigenvalue weighted by atomic mass is 32.1. The molecular formula is C19H17N5O4S2. The monoisotopic (exact) mass is 443 g/mol. The standard InChI is InChI=1S/C19H17N5O4S2/c25-17(20-12-3-1-4-13(9-12)24(27)28)11-23-7-6-14-16(10-23)30-19(21-14)22-18(26)15-5-2-8-29-15/h1-5,8-9H,6-7,10-11H2,(H,20,25)(H,21,22,26). The molecule has 3 heterocycles. The number of fused-ring (bicyclic) bond motifs is 1. The van der Waals surface area contributed by atoms with Gasteiger partial charge in [0, 0.05) is 42.2 Å². The normalized spacial score (nSPS) is 13.5. The van der Waals surface area contributed by atoms with Crippen LogP contribution >= 0.6 is 22.7 Å². The molecule has 0 bridgehead atoms. The zero-order valence-electron chi connectivity index (χ0n) is 15.7. The van der Waals surface area contributed by atoms with Gasteiger partial charge in [-0.3, -0.25) is 29.9 Å². The van der Waals surface area contributed by atoms with E-state index in [1.165, 1.54) is 40.9 Å². The molecule has 3 aromatic rings. The van der Waals surface area contributed by atoms with Gasteiger partial charge >= 0.3 is 0 Å². The van der Waals surface area contributed by atoms with Crippen molar-refractivity contribution in [2.24, 2.45) is 0 Å². The number of nitrogens with one attached hydrogen (secondary N) is 2. The van der Waals surface area contributed by atoms with Crippen LogP contribution in [-0.4, -0.2) is 39.7 Å². The summed E-state index contributed by atoms with van der Waals surface area (Å²) in [6, 6.07) is 9.44. The van der Waals surface area contributed by atoms with Crippen molar-refractivity contribution in [3.05, 3.63) is 67.3 Å². The molecule has 2 N–H and O–H groups in total. The molecule has 0 saturated heterocycles. The zero-order chi connectivity index (χ0) is 21.1. The van der Waals surface area contributed by atoms with Crippen LogP contribution in [0.2, 0.25) is 0 Å². The Morgan fingerprint density at radius 1 is 1.23 bits per heavy atom. The Morgan fingerprint density at radius 2 is 2.10 bits per heavy atom. The molecule has 11 heteroatoms. The van der Waals surface area contributed by atoms with Gasteiger partial charge in [0.15, 0.2) is 5.13 Å². The van der Waals surface area contributed by atoms with Gasteiger partial charge < -0.3 is 5.32 Å². The predicted molar refractivity (Wildman–Crippen MR) is 115 cm³/mol. The van der Waals surface area contributed by atoms with Gasteiger partial charge in [-0.15, -0.1) is 22.7 Å². The van der Waals surface area contributed by atoms with Crippen molar-refractivity contribution in [1.82, 2.24) is 9.88 Å². The largest absolute Gasteiger partial charge is 0.325 e. The summed E-state index contributed by atoms with van der Waals surface area (Å²) in [5.74, 6) is -0.418. The third-order valence-electron chi connectivity index (χ3n) is 4.48. The average molecular weight is 444 g/mol. The Hall–Kier alpha value is -3.15. The number of amides is 2. The topological polar surface area (TPSA) is 117 Å². The fraction of sp³-hybridized carbons (Fsp3) is 0.211. The van der Waals surface area contributed by atoms with E-state index in [1.54, 1.807) is 12.1 Å². The number of hydrogen-bond acceptors (Lipinski definition) is 8. The van der Waals surface area contributed by atoms with Gasteiger partial charge in [-0.1, -0.05) is 12.1 Å². The lowest BCUT2D eigenvalue weighted by Gasteiger charge is -2.25. The van der Waals surface area contributed by atoms with Crippen molar-refractivity contribution in [2.75, 3.05) is 23.7 Å². The van der Waals surface area contributed by atoms with Crippen LogP contribution in [-0.2, 0) is 17.8 Å². The van der Waals surface area contributed by atoms with E-state index in [2.05, 4.69) is 15.6 Å². The summed E-state index contributed by atoms with van der Waals surface area (Å²) < 4.78 is 0. The minimum atomic E-state index is -0.500. The third-order valence-corrected chi connectivity index (χ3v) is 6.35. The van der Waals surface area contributed by atoms with Crippen molar-refractivity contribution < 1.29 is 14.5 Å². The third kappa shape index (κ3) is 4.70. The maximum atomic E-state index is 12.4. The number of nitrogens with zero attached hydrogens (tertiary/aromatic N) is 3. The van der Waals surface area contributed by atoms with Crippen LogP contribution in [0, 0.1) is 10.1 Å². The second-order valence-corrected chi connectivity index (χ2v) is 8.67. The number of non-ortho nitro benzene ring substituents is 1. The number of anilines is 2. The second-order valence-electron chi connectivity index (χ2n) is 6.64. The summed E-state index contributed by atoms with van der Waals surface area (Å²) in [5, 5.41) is 18.8. The Kier molecular flexibility index (Phi) is 5.84. The van der Waals surface area contributed by atoms with Crippen molar-refractivity contribution in [1.29, 1.82) is 0 Å². The summed E-state index contributed by atoms with van der Waals surface area (Å²) in [7, 11) is 0. The summed E-state index contributed by atoms with van der Waals surface area (Å²) in [6.45, 7) is 1.39. The van der Waals surface area contributed by atoms with Crippen molar-refractivity contribution in [2.45, 2.75) is 13.0 Å². The van der Waals surface area contributed by atoms with Gasteiger partial charge in [0.25, 0.3) is 11.6 Å². The SMILES string of the molecule is O=C(CN1CCc2nc(NC(=O)c3cccs3)sc2C1)Nc1cccc([N+](=O)[O-])c1. The summed E-state index contributed by atoms with van der Waals surface area (Å²) in [6.07, 6.45) is 0.685. The van der Waals surface area contributed by atoms with Crippen LogP contribution in [0.25, 0.3) is 0 Å². The van der Waals surface area contributed by atoms with Crippen LogP contribution in [0.15, 0.2) is 41.8 Å². The number of hydrogen-bond donors (Lipinski definition) is 2. The number of aromatic nitrogens is 1. The van der Waals surface area contributed by atoms with Gasteiger partial charge in [-0.25, -0.2) is 4.98 Å². The Labute approximate surface area is 179 Å². The smallest absolute Gasteiger partial charge is 0.271 e. The Balaban J connectivity index is 1.34. The fourth-order valence-corrected chi connectivity index (χ4v) is 4.77. The molecule has 0 saturated carbocycles. The number of benzene rings is 1. The van der Waals surface area contributed by atoms with Gasteiger partial charge in [0.2, 0.25) is 5.91 Å². The van der Waals surface area contributed by atoms with Gasteiger partial charge in [0.05, 0.1) is 22.0 Å². The van der Waals surface area contributed by atoms with E-state index in [0.717, 1.165) is 10.6 Å². The van der Waals surface area contributed by atoms with Crippen LogP contribution in [0.4, 0.5) is 16.5 Å². The van der Waals surface area contributed by atoms with Crippen molar-refractivity contribution in [3.8, 4) is 0 Å². The second kappa shape index (κ2) is 8.69. The van der Waals surface area contributed by atoms with Crippen LogP contribution in [0.3, 0.4) is 0 Å². The van der Waals surface area contributed by atoms with Crippen LogP contribution in [0.1, 0.15) is 20.2 Å². The molecule has 1 aromatic carbocycles. The van der Waals surface area contributed by atoms with E-state index in [4.69, 9.17) is 0 Å². The number of carbonyl (C=O) groups is 2. The van der Waals surface area contributed by atoms with E-state index in [0.29, 0.717) is 35.2 Å². The number of thiophene rings is 1. The van der Waals surface area contributed by atoms with Gasteiger partial charge in [-0.2, -0.15) is 0 Å². The highest BCUT2D eigenvalue weighted by Gasteiger charge is 2.23. The molecule has 1 aliphatic rings.